The Morgan fingerprint density at radius 3 is 2.07 bits per heavy atom. The van der Waals surface area contributed by atoms with E-state index in [2.05, 4.69) is 39.6 Å². The molecular formula is C12H26N2. The van der Waals surface area contributed by atoms with Crippen LogP contribution in [0.3, 0.4) is 0 Å². The van der Waals surface area contributed by atoms with Crippen molar-refractivity contribution in [3.8, 4) is 0 Å². The normalized spacial score (nSPS) is 21.0. The molecule has 0 aromatic rings. The third-order valence-corrected chi connectivity index (χ3v) is 3.66. The van der Waals surface area contributed by atoms with Crippen LogP contribution in [0.25, 0.3) is 0 Å². The molecule has 0 aromatic heterocycles. The Kier molecular flexibility index (Phi) is 3.27. The molecule has 1 aliphatic rings. The lowest BCUT2D eigenvalue weighted by Gasteiger charge is -2.48. The summed E-state index contributed by atoms with van der Waals surface area (Å²) in [5.74, 6) is 0.860. The molecule has 1 heterocycles. The highest BCUT2D eigenvalue weighted by Crippen LogP contribution is 2.42. The maximum atomic E-state index is 5.79. The topological polar surface area (TPSA) is 29.3 Å². The van der Waals surface area contributed by atoms with E-state index in [0.29, 0.717) is 5.41 Å². The van der Waals surface area contributed by atoms with Crippen LogP contribution >= 0.6 is 0 Å². The smallest absolute Gasteiger partial charge is 0.00241 e. The number of hydrogen-bond donors (Lipinski definition) is 1. The molecule has 0 radical (unpaired) electrons. The summed E-state index contributed by atoms with van der Waals surface area (Å²) in [5.41, 5.74) is 6.52. The molecule has 0 atom stereocenters. The predicted octanol–water partition coefficient (Wildman–Crippen LogP) is 1.95. The lowest BCUT2D eigenvalue weighted by Crippen LogP contribution is -2.52. The van der Waals surface area contributed by atoms with Crippen LogP contribution in [0.2, 0.25) is 0 Å². The Labute approximate surface area is 88.8 Å². The van der Waals surface area contributed by atoms with Crippen LogP contribution in [0.4, 0.5) is 0 Å². The van der Waals surface area contributed by atoms with E-state index in [1.54, 1.807) is 0 Å². The second-order valence-corrected chi connectivity index (χ2v) is 6.45. The zero-order valence-electron chi connectivity index (χ0n) is 10.4. The SMILES string of the molecule is CN1CC(C(C)(C)CC(C)(C)CN)C1. The number of likely N-dealkylation sites (tertiary alicyclic amines) is 1. The molecule has 2 nitrogen and oxygen atoms in total. The van der Waals surface area contributed by atoms with Crippen molar-refractivity contribution in [1.82, 2.24) is 4.90 Å². The van der Waals surface area contributed by atoms with E-state index in [-0.39, 0.29) is 5.41 Å². The lowest BCUT2D eigenvalue weighted by atomic mass is 9.66. The minimum absolute atomic E-state index is 0.289. The van der Waals surface area contributed by atoms with Crippen LogP contribution in [0.15, 0.2) is 0 Å². The highest BCUT2D eigenvalue weighted by Gasteiger charge is 2.39. The molecule has 0 saturated carbocycles. The molecule has 1 rings (SSSR count). The van der Waals surface area contributed by atoms with Gasteiger partial charge >= 0.3 is 0 Å². The predicted molar refractivity (Wildman–Crippen MR) is 62.2 cm³/mol. The standard InChI is InChI=1S/C12H26N2/c1-11(2,9-13)8-12(3,4)10-6-14(5)7-10/h10H,6-9,13H2,1-5H3. The number of nitrogens with zero attached hydrogens (tertiary/aromatic N) is 1. The Hall–Kier alpha value is -0.0800. The van der Waals surface area contributed by atoms with E-state index < -0.39 is 0 Å². The summed E-state index contributed by atoms with van der Waals surface area (Å²) in [5, 5.41) is 0. The average Bonchev–Trinajstić information content (AvgIpc) is 1.97. The molecule has 2 heteroatoms. The Morgan fingerprint density at radius 2 is 1.71 bits per heavy atom. The van der Waals surface area contributed by atoms with E-state index in [0.717, 1.165) is 12.5 Å². The van der Waals surface area contributed by atoms with E-state index in [1.807, 2.05) is 0 Å². The molecule has 14 heavy (non-hydrogen) atoms. The fourth-order valence-corrected chi connectivity index (χ4v) is 2.64. The summed E-state index contributed by atoms with van der Waals surface area (Å²) >= 11 is 0. The quantitative estimate of drug-likeness (QED) is 0.748. The Bertz CT molecular complexity index is 190. The van der Waals surface area contributed by atoms with Gasteiger partial charge in [0.2, 0.25) is 0 Å². The van der Waals surface area contributed by atoms with Crippen molar-refractivity contribution >= 4 is 0 Å². The Morgan fingerprint density at radius 1 is 1.21 bits per heavy atom. The van der Waals surface area contributed by atoms with Crippen molar-refractivity contribution in [3.63, 3.8) is 0 Å². The summed E-state index contributed by atoms with van der Waals surface area (Å²) in [4.78, 5) is 2.39. The van der Waals surface area contributed by atoms with Crippen molar-refractivity contribution in [1.29, 1.82) is 0 Å². The minimum atomic E-state index is 0.289. The van der Waals surface area contributed by atoms with Crippen LogP contribution in [-0.4, -0.2) is 31.6 Å². The molecule has 0 aromatic carbocycles. The van der Waals surface area contributed by atoms with E-state index in [4.69, 9.17) is 5.73 Å². The third-order valence-electron chi connectivity index (χ3n) is 3.66. The molecule has 0 bridgehead atoms. The molecule has 1 saturated heterocycles. The lowest BCUT2D eigenvalue weighted by molar-refractivity contribution is 0.00861. The van der Waals surface area contributed by atoms with Gasteiger partial charge in [-0.2, -0.15) is 0 Å². The van der Waals surface area contributed by atoms with Gasteiger partial charge in [-0.1, -0.05) is 27.7 Å². The van der Waals surface area contributed by atoms with Gasteiger partial charge in [0.1, 0.15) is 0 Å². The van der Waals surface area contributed by atoms with Gasteiger partial charge in [-0.3, -0.25) is 0 Å². The summed E-state index contributed by atoms with van der Waals surface area (Å²) in [7, 11) is 2.20. The molecule has 0 unspecified atom stereocenters. The van der Waals surface area contributed by atoms with Crippen molar-refractivity contribution in [2.75, 3.05) is 26.7 Å². The van der Waals surface area contributed by atoms with Crippen LogP contribution < -0.4 is 5.73 Å². The summed E-state index contributed by atoms with van der Waals surface area (Å²) in [6, 6.07) is 0. The first kappa shape index (κ1) is 12.0. The first-order valence-corrected chi connectivity index (χ1v) is 5.65. The monoisotopic (exact) mass is 198 g/mol. The largest absolute Gasteiger partial charge is 0.330 e. The van der Waals surface area contributed by atoms with Gasteiger partial charge in [-0.25, -0.2) is 0 Å². The van der Waals surface area contributed by atoms with Gasteiger partial charge in [0.15, 0.2) is 0 Å². The molecule has 1 fully saturated rings. The van der Waals surface area contributed by atoms with Gasteiger partial charge in [-0.05, 0) is 36.8 Å². The highest BCUT2D eigenvalue weighted by molar-refractivity contribution is 4.92. The van der Waals surface area contributed by atoms with Gasteiger partial charge < -0.3 is 10.6 Å². The fourth-order valence-electron chi connectivity index (χ4n) is 2.64. The summed E-state index contributed by atoms with van der Waals surface area (Å²) in [6.07, 6.45) is 1.23. The van der Waals surface area contributed by atoms with Crippen molar-refractivity contribution in [2.45, 2.75) is 34.1 Å². The van der Waals surface area contributed by atoms with Crippen molar-refractivity contribution in [3.05, 3.63) is 0 Å². The van der Waals surface area contributed by atoms with Gasteiger partial charge in [-0.15, -0.1) is 0 Å². The van der Waals surface area contributed by atoms with E-state index in [9.17, 15) is 0 Å². The zero-order valence-corrected chi connectivity index (χ0v) is 10.4. The zero-order chi connectivity index (χ0) is 11.0. The highest BCUT2D eigenvalue weighted by atomic mass is 15.2. The van der Waals surface area contributed by atoms with Crippen molar-refractivity contribution < 1.29 is 0 Å². The first-order chi connectivity index (χ1) is 6.27. The second kappa shape index (κ2) is 3.82. The van der Waals surface area contributed by atoms with Crippen LogP contribution in [0.1, 0.15) is 34.1 Å². The molecule has 0 amide bonds. The molecule has 2 N–H and O–H groups in total. The second-order valence-electron chi connectivity index (χ2n) is 6.45. The number of nitrogens with two attached hydrogens (primary N) is 1. The van der Waals surface area contributed by atoms with E-state index >= 15 is 0 Å². The minimum Gasteiger partial charge on any atom is -0.330 e. The molecule has 0 spiro atoms. The van der Waals surface area contributed by atoms with Gasteiger partial charge in [0.05, 0.1) is 0 Å². The van der Waals surface area contributed by atoms with Gasteiger partial charge in [0.25, 0.3) is 0 Å². The molecule has 84 valence electrons. The first-order valence-electron chi connectivity index (χ1n) is 5.65. The third kappa shape index (κ3) is 2.71. The van der Waals surface area contributed by atoms with Crippen LogP contribution in [0, 0.1) is 16.7 Å². The van der Waals surface area contributed by atoms with Crippen molar-refractivity contribution in [2.24, 2.45) is 22.5 Å². The molecule has 0 aliphatic carbocycles. The van der Waals surface area contributed by atoms with E-state index in [1.165, 1.54) is 19.5 Å². The molecule has 1 aliphatic heterocycles. The maximum absolute atomic E-state index is 5.79. The fraction of sp³-hybridized carbons (Fsp3) is 1.00. The number of rotatable bonds is 4. The van der Waals surface area contributed by atoms with Crippen LogP contribution in [-0.2, 0) is 0 Å². The van der Waals surface area contributed by atoms with Gasteiger partial charge in [0, 0.05) is 13.1 Å². The Balaban J connectivity index is 2.49. The average molecular weight is 198 g/mol. The summed E-state index contributed by atoms with van der Waals surface area (Å²) < 4.78 is 0. The maximum Gasteiger partial charge on any atom is 0.00241 e. The number of hydrogen-bond acceptors (Lipinski definition) is 2. The summed E-state index contributed by atoms with van der Waals surface area (Å²) in [6.45, 7) is 12.6. The molecular weight excluding hydrogens is 172 g/mol. The van der Waals surface area contributed by atoms with Crippen LogP contribution in [0.5, 0.6) is 0 Å².